The summed E-state index contributed by atoms with van der Waals surface area (Å²) < 4.78 is 2.12. The van der Waals surface area contributed by atoms with Crippen LogP contribution < -0.4 is 0 Å². The van der Waals surface area contributed by atoms with Crippen LogP contribution in [0.2, 0.25) is 0 Å². The van der Waals surface area contributed by atoms with Gasteiger partial charge in [-0.3, -0.25) is 0 Å². The quantitative estimate of drug-likeness (QED) is 0.268. The summed E-state index contributed by atoms with van der Waals surface area (Å²) >= 11 is 5.43. The number of aliphatic hydroxyl groups is 1. The van der Waals surface area contributed by atoms with Crippen molar-refractivity contribution in [1.82, 2.24) is 0 Å². The molecule has 1 aromatic heterocycles. The molecule has 0 radical (unpaired) electrons. The van der Waals surface area contributed by atoms with Crippen molar-refractivity contribution in [2.24, 2.45) is 0 Å². The van der Waals surface area contributed by atoms with Gasteiger partial charge in [-0.1, -0.05) is 107 Å². The van der Waals surface area contributed by atoms with Gasteiger partial charge in [-0.2, -0.15) is 0 Å². The lowest BCUT2D eigenvalue weighted by atomic mass is 9.78. The van der Waals surface area contributed by atoms with E-state index in [0.717, 1.165) is 31.6 Å². The lowest BCUT2D eigenvalue weighted by Crippen LogP contribution is -2.30. The number of fused-ring (bicyclic) bond motifs is 1. The molecule has 1 heterocycles. The van der Waals surface area contributed by atoms with Gasteiger partial charge in [-0.25, -0.2) is 0 Å². The standard InChI is InChI=1S/C27H19BrOS/c28-24-16-8-7-15-23(24)27(29,20-11-2-1-3-12-20)22-14-6-5-13-21(22)26-18-19-10-4-9-17-25(19)30-26/h1-18,29H. The van der Waals surface area contributed by atoms with Gasteiger partial charge in [0.05, 0.1) is 0 Å². The third-order valence-corrected chi connectivity index (χ3v) is 7.30. The molecular formula is C27H19BrOS. The second-order valence-electron chi connectivity index (χ2n) is 7.25. The fraction of sp³-hybridized carbons (Fsp3) is 0.0370. The number of halogens is 1. The highest BCUT2D eigenvalue weighted by Crippen LogP contribution is 2.45. The van der Waals surface area contributed by atoms with Crippen LogP contribution in [0.5, 0.6) is 0 Å². The van der Waals surface area contributed by atoms with E-state index < -0.39 is 5.60 Å². The zero-order valence-electron chi connectivity index (χ0n) is 16.1. The highest BCUT2D eigenvalue weighted by molar-refractivity contribution is 9.10. The molecule has 0 aliphatic carbocycles. The topological polar surface area (TPSA) is 20.2 Å². The van der Waals surface area contributed by atoms with Gasteiger partial charge in [0.25, 0.3) is 0 Å². The molecule has 0 amide bonds. The lowest BCUT2D eigenvalue weighted by Gasteiger charge is -2.32. The van der Waals surface area contributed by atoms with Gasteiger partial charge in [-0.15, -0.1) is 11.3 Å². The van der Waals surface area contributed by atoms with Crippen LogP contribution in [0.4, 0.5) is 0 Å². The maximum Gasteiger partial charge on any atom is 0.142 e. The molecule has 1 nitrogen and oxygen atoms in total. The first-order valence-electron chi connectivity index (χ1n) is 9.79. The van der Waals surface area contributed by atoms with E-state index in [2.05, 4.69) is 52.3 Å². The molecule has 1 atom stereocenters. The maximum absolute atomic E-state index is 12.4. The zero-order valence-corrected chi connectivity index (χ0v) is 18.5. The first kappa shape index (κ1) is 19.3. The van der Waals surface area contributed by atoms with E-state index in [1.54, 1.807) is 11.3 Å². The molecule has 0 aliphatic heterocycles. The highest BCUT2D eigenvalue weighted by atomic mass is 79.9. The van der Waals surface area contributed by atoms with E-state index in [1.165, 1.54) is 10.1 Å². The Morgan fingerprint density at radius 2 is 1.30 bits per heavy atom. The van der Waals surface area contributed by atoms with E-state index in [1.807, 2.05) is 72.8 Å². The minimum Gasteiger partial charge on any atom is -0.376 e. The lowest BCUT2D eigenvalue weighted by molar-refractivity contribution is 0.125. The Bertz CT molecular complexity index is 1290. The van der Waals surface area contributed by atoms with Crippen LogP contribution in [0, 0.1) is 0 Å². The van der Waals surface area contributed by atoms with Crippen molar-refractivity contribution in [2.45, 2.75) is 5.60 Å². The van der Waals surface area contributed by atoms with Crippen molar-refractivity contribution in [3.63, 3.8) is 0 Å². The summed E-state index contributed by atoms with van der Waals surface area (Å²) in [6, 6.07) is 36.6. The number of rotatable bonds is 4. The third-order valence-electron chi connectivity index (χ3n) is 5.46. The first-order valence-corrected chi connectivity index (χ1v) is 11.4. The van der Waals surface area contributed by atoms with Crippen LogP contribution in [0.25, 0.3) is 20.5 Å². The molecule has 146 valence electrons. The fourth-order valence-corrected chi connectivity index (χ4v) is 5.69. The Hall–Kier alpha value is -2.72. The van der Waals surface area contributed by atoms with Gasteiger partial charge in [0.1, 0.15) is 5.60 Å². The van der Waals surface area contributed by atoms with E-state index in [-0.39, 0.29) is 0 Å². The predicted octanol–water partition coefficient (Wildman–Crippen LogP) is 7.62. The molecule has 1 unspecified atom stereocenters. The predicted molar refractivity (Wildman–Crippen MR) is 130 cm³/mol. The van der Waals surface area contributed by atoms with Gasteiger partial charge >= 0.3 is 0 Å². The molecule has 30 heavy (non-hydrogen) atoms. The van der Waals surface area contributed by atoms with Crippen molar-refractivity contribution in [1.29, 1.82) is 0 Å². The normalized spacial score (nSPS) is 13.3. The van der Waals surface area contributed by atoms with Crippen LogP contribution >= 0.6 is 27.3 Å². The summed E-state index contributed by atoms with van der Waals surface area (Å²) in [6.45, 7) is 0. The van der Waals surface area contributed by atoms with Crippen LogP contribution in [-0.4, -0.2) is 5.11 Å². The van der Waals surface area contributed by atoms with E-state index in [0.29, 0.717) is 0 Å². The number of thiophene rings is 1. The summed E-state index contributed by atoms with van der Waals surface area (Å²) in [6.07, 6.45) is 0. The molecular weight excluding hydrogens is 452 g/mol. The Balaban J connectivity index is 1.81. The molecule has 0 spiro atoms. The fourth-order valence-electron chi connectivity index (χ4n) is 4.02. The average molecular weight is 471 g/mol. The molecule has 0 bridgehead atoms. The van der Waals surface area contributed by atoms with E-state index in [9.17, 15) is 5.11 Å². The summed E-state index contributed by atoms with van der Waals surface area (Å²) in [4.78, 5) is 1.15. The van der Waals surface area contributed by atoms with E-state index in [4.69, 9.17) is 0 Å². The van der Waals surface area contributed by atoms with Crippen molar-refractivity contribution in [2.75, 3.05) is 0 Å². The molecule has 4 aromatic carbocycles. The van der Waals surface area contributed by atoms with Crippen molar-refractivity contribution in [3.8, 4) is 10.4 Å². The summed E-state index contributed by atoms with van der Waals surface area (Å²) in [5.74, 6) is 0. The van der Waals surface area contributed by atoms with Crippen molar-refractivity contribution < 1.29 is 5.11 Å². The van der Waals surface area contributed by atoms with Crippen LogP contribution in [-0.2, 0) is 5.60 Å². The molecule has 3 heteroatoms. The van der Waals surface area contributed by atoms with Gasteiger partial charge in [0.2, 0.25) is 0 Å². The number of hydrogen-bond donors (Lipinski definition) is 1. The SMILES string of the molecule is OC(c1ccccc1)(c1ccccc1Br)c1ccccc1-c1cc2ccccc2s1. The average Bonchev–Trinajstić information content (AvgIpc) is 3.24. The number of benzene rings is 4. The van der Waals surface area contributed by atoms with Gasteiger partial charge in [0.15, 0.2) is 0 Å². The first-order chi connectivity index (χ1) is 14.7. The Morgan fingerprint density at radius 1 is 0.667 bits per heavy atom. The van der Waals surface area contributed by atoms with Crippen LogP contribution in [0.15, 0.2) is 114 Å². The van der Waals surface area contributed by atoms with E-state index >= 15 is 0 Å². The molecule has 0 saturated carbocycles. The smallest absolute Gasteiger partial charge is 0.142 e. The van der Waals surface area contributed by atoms with Crippen molar-refractivity contribution in [3.05, 3.63) is 130 Å². The maximum atomic E-state index is 12.4. The zero-order chi connectivity index (χ0) is 20.6. The minimum atomic E-state index is -1.30. The van der Waals surface area contributed by atoms with Gasteiger partial charge in [0, 0.05) is 25.2 Å². The monoisotopic (exact) mass is 470 g/mol. The molecule has 0 saturated heterocycles. The highest BCUT2D eigenvalue weighted by Gasteiger charge is 2.37. The van der Waals surface area contributed by atoms with Gasteiger partial charge < -0.3 is 5.11 Å². The molecule has 0 fully saturated rings. The number of hydrogen-bond acceptors (Lipinski definition) is 2. The third kappa shape index (κ3) is 3.20. The van der Waals surface area contributed by atoms with Crippen LogP contribution in [0.3, 0.4) is 0 Å². The summed E-state index contributed by atoms with van der Waals surface area (Å²) in [5.41, 5.74) is 2.28. The second-order valence-corrected chi connectivity index (χ2v) is 9.19. The van der Waals surface area contributed by atoms with Crippen LogP contribution in [0.1, 0.15) is 16.7 Å². The largest absolute Gasteiger partial charge is 0.376 e. The Morgan fingerprint density at radius 3 is 2.07 bits per heavy atom. The molecule has 0 aliphatic rings. The Labute approximate surface area is 188 Å². The minimum absolute atomic E-state index is 0.824. The molecule has 5 rings (SSSR count). The van der Waals surface area contributed by atoms with Gasteiger partial charge in [-0.05, 0) is 34.7 Å². The Kier molecular flexibility index (Phi) is 5.03. The second kappa shape index (κ2) is 7.84. The molecule has 5 aromatic rings. The summed E-state index contributed by atoms with van der Waals surface area (Å²) in [7, 11) is 0. The van der Waals surface area contributed by atoms with Crippen molar-refractivity contribution >= 4 is 37.4 Å². The summed E-state index contributed by atoms with van der Waals surface area (Å²) in [5, 5.41) is 13.6. The molecule has 1 N–H and O–H groups in total.